The first-order valence-electron chi connectivity index (χ1n) is 5.07. The van der Waals surface area contributed by atoms with E-state index in [9.17, 15) is 9.90 Å². The topological polar surface area (TPSA) is 68.2 Å². The zero-order valence-electron chi connectivity index (χ0n) is 9.40. The van der Waals surface area contributed by atoms with Gasteiger partial charge >= 0.3 is 0 Å². The van der Waals surface area contributed by atoms with Crippen molar-refractivity contribution in [2.24, 2.45) is 5.92 Å². The normalized spacial score (nSPS) is 13.1. The van der Waals surface area contributed by atoms with Crippen LogP contribution in [0.5, 0.6) is 0 Å². The van der Waals surface area contributed by atoms with Crippen molar-refractivity contribution in [3.8, 4) is 0 Å². The van der Waals surface area contributed by atoms with E-state index in [-0.39, 0.29) is 11.5 Å². The number of aromatic nitrogens is 1. The molecule has 0 amide bonds. The van der Waals surface area contributed by atoms with Crippen molar-refractivity contribution in [1.29, 1.82) is 0 Å². The molecule has 1 unspecified atom stereocenters. The van der Waals surface area contributed by atoms with E-state index in [0.717, 1.165) is 0 Å². The van der Waals surface area contributed by atoms with Gasteiger partial charge in [-0.1, -0.05) is 13.8 Å². The lowest BCUT2D eigenvalue weighted by molar-refractivity contribution is 0.105. The van der Waals surface area contributed by atoms with E-state index in [1.807, 2.05) is 13.8 Å². The maximum Gasteiger partial charge on any atom is 0.250 e. The Balaban J connectivity index is 3.04. The summed E-state index contributed by atoms with van der Waals surface area (Å²) in [6.07, 6.45) is -0.525. The molecular formula is C11H18N2O2. The van der Waals surface area contributed by atoms with Crippen molar-refractivity contribution in [3.63, 3.8) is 0 Å². The molecule has 1 atom stereocenters. The third-order valence-corrected chi connectivity index (χ3v) is 2.63. The number of nitrogens with two attached hydrogens (primary N) is 1. The van der Waals surface area contributed by atoms with Crippen LogP contribution in [0.25, 0.3) is 0 Å². The highest BCUT2D eigenvalue weighted by atomic mass is 16.3. The Morgan fingerprint density at radius 2 is 2.07 bits per heavy atom. The summed E-state index contributed by atoms with van der Waals surface area (Å²) in [5, 5.41) is 9.72. The van der Waals surface area contributed by atoms with Crippen LogP contribution in [0, 0.1) is 12.8 Å². The monoisotopic (exact) mass is 210 g/mol. The minimum absolute atomic E-state index is 0.123. The van der Waals surface area contributed by atoms with E-state index < -0.39 is 6.10 Å². The summed E-state index contributed by atoms with van der Waals surface area (Å²) in [4.78, 5) is 11.5. The van der Waals surface area contributed by atoms with Crippen LogP contribution in [-0.4, -0.2) is 15.8 Å². The van der Waals surface area contributed by atoms with Crippen LogP contribution >= 0.6 is 0 Å². The number of nitrogens with zero attached hydrogens (tertiary/aromatic N) is 1. The van der Waals surface area contributed by atoms with Crippen LogP contribution in [0.4, 0.5) is 5.69 Å². The smallest absolute Gasteiger partial charge is 0.250 e. The number of hydrogen-bond donors (Lipinski definition) is 2. The van der Waals surface area contributed by atoms with Gasteiger partial charge < -0.3 is 15.4 Å². The number of anilines is 1. The van der Waals surface area contributed by atoms with Gasteiger partial charge in [-0.05, 0) is 18.9 Å². The minimum Gasteiger partial charge on any atom is -0.397 e. The molecule has 3 N–H and O–H groups in total. The third-order valence-electron chi connectivity index (χ3n) is 2.63. The quantitative estimate of drug-likeness (QED) is 0.773. The zero-order valence-corrected chi connectivity index (χ0v) is 9.40. The molecule has 1 heterocycles. The molecule has 4 nitrogen and oxygen atoms in total. The van der Waals surface area contributed by atoms with Crippen LogP contribution < -0.4 is 11.3 Å². The van der Waals surface area contributed by atoms with Gasteiger partial charge in [0.2, 0.25) is 0 Å². The fourth-order valence-electron chi connectivity index (χ4n) is 1.32. The van der Waals surface area contributed by atoms with Crippen LogP contribution in [0.15, 0.2) is 16.9 Å². The van der Waals surface area contributed by atoms with E-state index in [1.54, 1.807) is 13.0 Å². The molecule has 0 aliphatic heterocycles. The number of pyridine rings is 1. The standard InChI is InChI=1S/C11H18N2O2/c1-7(2)10(14)6-13-8(3)9(12)4-5-11(13)15/h4-5,7,10,14H,6,12H2,1-3H3. The second-order valence-corrected chi connectivity index (χ2v) is 4.13. The number of aliphatic hydroxyl groups is 1. The molecule has 0 radical (unpaired) electrons. The Hall–Kier alpha value is -1.29. The fourth-order valence-corrected chi connectivity index (χ4v) is 1.32. The van der Waals surface area contributed by atoms with Gasteiger partial charge in [0.1, 0.15) is 0 Å². The molecule has 0 aromatic carbocycles. The number of rotatable bonds is 3. The van der Waals surface area contributed by atoms with Crippen molar-refractivity contribution in [1.82, 2.24) is 4.57 Å². The SMILES string of the molecule is Cc1c(N)ccc(=O)n1CC(O)C(C)C. The lowest BCUT2D eigenvalue weighted by Gasteiger charge is -2.18. The van der Waals surface area contributed by atoms with Crippen LogP contribution in [0.2, 0.25) is 0 Å². The highest BCUT2D eigenvalue weighted by molar-refractivity contribution is 5.41. The van der Waals surface area contributed by atoms with E-state index in [4.69, 9.17) is 5.73 Å². The molecule has 0 saturated heterocycles. The van der Waals surface area contributed by atoms with Gasteiger partial charge in [0, 0.05) is 11.8 Å². The first kappa shape index (κ1) is 11.8. The van der Waals surface area contributed by atoms with Crippen molar-refractivity contribution in [2.75, 3.05) is 5.73 Å². The van der Waals surface area contributed by atoms with E-state index >= 15 is 0 Å². The Bertz CT molecular complexity index is 396. The molecular weight excluding hydrogens is 192 g/mol. The lowest BCUT2D eigenvalue weighted by atomic mass is 10.1. The first-order valence-corrected chi connectivity index (χ1v) is 5.07. The molecule has 0 bridgehead atoms. The minimum atomic E-state index is -0.525. The van der Waals surface area contributed by atoms with Gasteiger partial charge in [-0.15, -0.1) is 0 Å². The number of nitrogen functional groups attached to an aromatic ring is 1. The lowest BCUT2D eigenvalue weighted by Crippen LogP contribution is -2.30. The summed E-state index contributed by atoms with van der Waals surface area (Å²) in [6.45, 7) is 5.91. The van der Waals surface area contributed by atoms with Crippen molar-refractivity contribution >= 4 is 5.69 Å². The fraction of sp³-hybridized carbons (Fsp3) is 0.545. The average Bonchev–Trinajstić information content (AvgIpc) is 2.18. The third kappa shape index (κ3) is 2.59. The second kappa shape index (κ2) is 4.49. The largest absolute Gasteiger partial charge is 0.397 e. The first-order chi connectivity index (χ1) is 6.93. The van der Waals surface area contributed by atoms with Gasteiger partial charge in [0.05, 0.1) is 18.3 Å². The molecule has 0 fully saturated rings. The van der Waals surface area contributed by atoms with Crippen molar-refractivity contribution in [2.45, 2.75) is 33.4 Å². The van der Waals surface area contributed by atoms with Gasteiger partial charge in [0.15, 0.2) is 0 Å². The van der Waals surface area contributed by atoms with Crippen LogP contribution in [0.3, 0.4) is 0 Å². The maximum absolute atomic E-state index is 11.5. The Kier molecular flexibility index (Phi) is 3.52. The molecule has 1 aromatic rings. The molecule has 15 heavy (non-hydrogen) atoms. The summed E-state index contributed by atoms with van der Waals surface area (Å²) < 4.78 is 1.51. The van der Waals surface area contributed by atoms with E-state index in [0.29, 0.717) is 17.9 Å². The molecule has 1 rings (SSSR count). The number of hydrogen-bond acceptors (Lipinski definition) is 3. The molecule has 4 heteroatoms. The van der Waals surface area contributed by atoms with Gasteiger partial charge in [-0.3, -0.25) is 4.79 Å². The molecule has 0 spiro atoms. The molecule has 0 saturated carbocycles. The van der Waals surface area contributed by atoms with Gasteiger partial charge in [0.25, 0.3) is 5.56 Å². The van der Waals surface area contributed by atoms with Gasteiger partial charge in [-0.2, -0.15) is 0 Å². The Morgan fingerprint density at radius 3 is 2.60 bits per heavy atom. The Labute approximate surface area is 89.3 Å². The number of aliphatic hydroxyl groups excluding tert-OH is 1. The van der Waals surface area contributed by atoms with Crippen molar-refractivity contribution in [3.05, 3.63) is 28.2 Å². The van der Waals surface area contributed by atoms with Crippen molar-refractivity contribution < 1.29 is 5.11 Å². The van der Waals surface area contributed by atoms with Crippen LogP contribution in [0.1, 0.15) is 19.5 Å². The van der Waals surface area contributed by atoms with Crippen LogP contribution in [-0.2, 0) is 6.54 Å². The van der Waals surface area contributed by atoms with Gasteiger partial charge in [-0.25, -0.2) is 0 Å². The highest BCUT2D eigenvalue weighted by Crippen LogP contribution is 2.09. The van der Waals surface area contributed by atoms with E-state index in [1.165, 1.54) is 10.6 Å². The summed E-state index contributed by atoms with van der Waals surface area (Å²) in [5.41, 5.74) is 6.86. The molecule has 0 aliphatic rings. The Morgan fingerprint density at radius 1 is 1.47 bits per heavy atom. The van der Waals surface area contributed by atoms with E-state index in [2.05, 4.69) is 0 Å². The summed E-state index contributed by atoms with van der Waals surface area (Å²) in [6, 6.07) is 3.02. The molecule has 84 valence electrons. The highest BCUT2D eigenvalue weighted by Gasteiger charge is 2.12. The predicted molar refractivity (Wildman–Crippen MR) is 60.7 cm³/mol. The molecule has 0 aliphatic carbocycles. The summed E-state index contributed by atoms with van der Waals surface area (Å²) >= 11 is 0. The zero-order chi connectivity index (χ0) is 11.6. The summed E-state index contributed by atoms with van der Waals surface area (Å²) in [7, 11) is 0. The predicted octanol–water partition coefficient (Wildman–Crippen LogP) is 0.756. The summed E-state index contributed by atoms with van der Waals surface area (Å²) in [5.74, 6) is 0.123. The molecule has 1 aromatic heterocycles. The maximum atomic E-state index is 11.5. The average molecular weight is 210 g/mol. The second-order valence-electron chi connectivity index (χ2n) is 4.13.